The normalized spacial score (nSPS) is 28.8. The fourth-order valence-corrected chi connectivity index (χ4v) is 3.74. The minimum absolute atomic E-state index is 0.146. The molecule has 0 amide bonds. The number of aldehydes is 1. The Labute approximate surface area is 79.3 Å². The van der Waals surface area contributed by atoms with Crippen LogP contribution in [-0.4, -0.2) is 16.8 Å². The Morgan fingerprint density at radius 2 is 2.08 bits per heavy atom. The van der Waals surface area contributed by atoms with E-state index >= 15 is 0 Å². The minimum Gasteiger partial charge on any atom is -0.303 e. The van der Waals surface area contributed by atoms with Gasteiger partial charge in [0.15, 0.2) is 0 Å². The summed E-state index contributed by atoms with van der Waals surface area (Å²) < 4.78 is 0.282. The van der Waals surface area contributed by atoms with Crippen LogP contribution in [0.15, 0.2) is 0 Å². The lowest BCUT2D eigenvalue weighted by atomic mass is 9.72. The minimum atomic E-state index is -0.146. The first kappa shape index (κ1) is 10.1. The summed E-state index contributed by atoms with van der Waals surface area (Å²) in [5.74, 6) is 1.74. The number of hydrogen-bond acceptors (Lipinski definition) is 2. The Morgan fingerprint density at radius 3 is 2.42 bits per heavy atom. The summed E-state index contributed by atoms with van der Waals surface area (Å²) in [5.41, 5.74) is -0.146. The van der Waals surface area contributed by atoms with E-state index < -0.39 is 0 Å². The standard InChI is InChI=1S/C10H18OS/c1-9(2,7-11)8-5-6-12-10(8,3)4/h7-8H,5-6H2,1-4H3. The van der Waals surface area contributed by atoms with Gasteiger partial charge in [0, 0.05) is 10.2 Å². The van der Waals surface area contributed by atoms with E-state index in [0.29, 0.717) is 5.92 Å². The summed E-state index contributed by atoms with van der Waals surface area (Å²) in [7, 11) is 0. The van der Waals surface area contributed by atoms with Crippen molar-refractivity contribution in [1.29, 1.82) is 0 Å². The molecule has 0 radical (unpaired) electrons. The first-order valence-electron chi connectivity index (χ1n) is 4.50. The summed E-state index contributed by atoms with van der Waals surface area (Å²) in [6.07, 6.45) is 2.30. The Kier molecular flexibility index (Phi) is 2.57. The first-order chi connectivity index (χ1) is 5.40. The SMILES string of the molecule is CC(C)(C=O)C1CCSC1(C)C. The van der Waals surface area contributed by atoms with Crippen LogP contribution in [0.2, 0.25) is 0 Å². The summed E-state index contributed by atoms with van der Waals surface area (Å²) in [5, 5.41) is 0. The van der Waals surface area contributed by atoms with Gasteiger partial charge in [0.25, 0.3) is 0 Å². The molecule has 12 heavy (non-hydrogen) atoms. The highest BCUT2D eigenvalue weighted by Gasteiger charge is 2.44. The van der Waals surface area contributed by atoms with E-state index in [1.807, 2.05) is 11.8 Å². The molecule has 1 heterocycles. The number of hydrogen-bond donors (Lipinski definition) is 0. The molecular weight excluding hydrogens is 168 g/mol. The second-order valence-corrected chi connectivity index (χ2v) is 6.48. The largest absolute Gasteiger partial charge is 0.303 e. The zero-order valence-corrected chi connectivity index (χ0v) is 9.20. The predicted octanol–water partition coefficient (Wildman–Crippen LogP) is 2.74. The molecule has 0 spiro atoms. The average Bonchev–Trinajstić information content (AvgIpc) is 2.30. The predicted molar refractivity (Wildman–Crippen MR) is 54.5 cm³/mol. The van der Waals surface area contributed by atoms with Gasteiger partial charge in [-0.25, -0.2) is 0 Å². The Morgan fingerprint density at radius 1 is 1.50 bits per heavy atom. The summed E-state index contributed by atoms with van der Waals surface area (Å²) in [6.45, 7) is 8.61. The highest BCUT2D eigenvalue weighted by atomic mass is 32.2. The van der Waals surface area contributed by atoms with Crippen LogP contribution in [0.3, 0.4) is 0 Å². The van der Waals surface area contributed by atoms with Crippen molar-refractivity contribution in [3.63, 3.8) is 0 Å². The number of thioether (sulfide) groups is 1. The van der Waals surface area contributed by atoms with Gasteiger partial charge in [-0.3, -0.25) is 0 Å². The van der Waals surface area contributed by atoms with Crippen LogP contribution in [0, 0.1) is 11.3 Å². The van der Waals surface area contributed by atoms with E-state index in [4.69, 9.17) is 0 Å². The molecule has 0 aromatic carbocycles. The number of carbonyl (C=O) groups excluding carboxylic acids is 1. The Balaban J connectivity index is 2.81. The van der Waals surface area contributed by atoms with Crippen molar-refractivity contribution in [3.8, 4) is 0 Å². The highest BCUT2D eigenvalue weighted by molar-refractivity contribution is 8.00. The number of rotatable bonds is 2. The summed E-state index contributed by atoms with van der Waals surface area (Å²) >= 11 is 1.99. The van der Waals surface area contributed by atoms with Gasteiger partial charge in [-0.1, -0.05) is 27.7 Å². The molecule has 1 atom stereocenters. The molecule has 1 unspecified atom stereocenters. The zero-order valence-electron chi connectivity index (χ0n) is 8.39. The van der Waals surface area contributed by atoms with Crippen LogP contribution in [0.4, 0.5) is 0 Å². The molecule has 2 heteroatoms. The molecular formula is C10H18OS. The lowest BCUT2D eigenvalue weighted by Gasteiger charge is -2.35. The third kappa shape index (κ3) is 1.68. The highest BCUT2D eigenvalue weighted by Crippen LogP contribution is 2.49. The molecule has 0 aliphatic carbocycles. The van der Waals surface area contributed by atoms with E-state index in [2.05, 4.69) is 27.7 Å². The van der Waals surface area contributed by atoms with Gasteiger partial charge in [0.2, 0.25) is 0 Å². The molecule has 1 rings (SSSR count). The van der Waals surface area contributed by atoms with Gasteiger partial charge < -0.3 is 4.79 Å². The van der Waals surface area contributed by atoms with Crippen molar-refractivity contribution >= 4 is 18.0 Å². The van der Waals surface area contributed by atoms with Crippen LogP contribution < -0.4 is 0 Å². The molecule has 1 aliphatic rings. The molecule has 1 nitrogen and oxygen atoms in total. The van der Waals surface area contributed by atoms with Crippen LogP contribution in [0.25, 0.3) is 0 Å². The van der Waals surface area contributed by atoms with Gasteiger partial charge in [-0.05, 0) is 18.1 Å². The van der Waals surface area contributed by atoms with Gasteiger partial charge in [0.1, 0.15) is 6.29 Å². The molecule has 1 aliphatic heterocycles. The Bertz CT molecular complexity index is 184. The lowest BCUT2D eigenvalue weighted by Crippen LogP contribution is -2.36. The lowest BCUT2D eigenvalue weighted by molar-refractivity contribution is -0.117. The van der Waals surface area contributed by atoms with E-state index in [1.165, 1.54) is 12.2 Å². The quantitative estimate of drug-likeness (QED) is 0.617. The van der Waals surface area contributed by atoms with Crippen LogP contribution in [-0.2, 0) is 4.79 Å². The molecule has 1 saturated heterocycles. The molecule has 1 fully saturated rings. The maximum absolute atomic E-state index is 10.9. The average molecular weight is 186 g/mol. The van der Waals surface area contributed by atoms with E-state index in [-0.39, 0.29) is 10.2 Å². The molecule has 70 valence electrons. The van der Waals surface area contributed by atoms with Crippen molar-refractivity contribution < 1.29 is 4.79 Å². The van der Waals surface area contributed by atoms with Gasteiger partial charge in [-0.2, -0.15) is 11.8 Å². The summed E-state index contributed by atoms with van der Waals surface area (Å²) in [6, 6.07) is 0. The smallest absolute Gasteiger partial charge is 0.125 e. The van der Waals surface area contributed by atoms with Crippen LogP contribution in [0.1, 0.15) is 34.1 Å². The van der Waals surface area contributed by atoms with Gasteiger partial charge >= 0.3 is 0 Å². The van der Waals surface area contributed by atoms with Crippen LogP contribution >= 0.6 is 11.8 Å². The van der Waals surface area contributed by atoms with Crippen LogP contribution in [0.5, 0.6) is 0 Å². The van der Waals surface area contributed by atoms with Crippen molar-refractivity contribution in [2.75, 3.05) is 5.75 Å². The zero-order chi connectivity index (χ0) is 9.41. The van der Waals surface area contributed by atoms with Gasteiger partial charge in [0.05, 0.1) is 0 Å². The second kappa shape index (κ2) is 3.06. The van der Waals surface area contributed by atoms with Gasteiger partial charge in [-0.15, -0.1) is 0 Å². The summed E-state index contributed by atoms with van der Waals surface area (Å²) in [4.78, 5) is 10.9. The maximum Gasteiger partial charge on any atom is 0.125 e. The topological polar surface area (TPSA) is 17.1 Å². The fraction of sp³-hybridized carbons (Fsp3) is 0.900. The Hall–Kier alpha value is 0.0200. The maximum atomic E-state index is 10.9. The fourth-order valence-electron chi connectivity index (χ4n) is 2.24. The van der Waals surface area contributed by atoms with E-state index in [1.54, 1.807) is 0 Å². The molecule has 0 bridgehead atoms. The van der Waals surface area contributed by atoms with Crippen molar-refractivity contribution in [2.24, 2.45) is 11.3 Å². The van der Waals surface area contributed by atoms with Crippen molar-refractivity contribution in [3.05, 3.63) is 0 Å². The molecule has 0 aromatic heterocycles. The third-order valence-corrected chi connectivity index (χ3v) is 4.39. The van der Waals surface area contributed by atoms with Crippen molar-refractivity contribution in [2.45, 2.75) is 38.9 Å². The molecule has 0 N–H and O–H groups in total. The number of carbonyl (C=O) groups is 1. The molecule has 0 aromatic rings. The van der Waals surface area contributed by atoms with E-state index in [9.17, 15) is 4.79 Å². The molecule has 0 saturated carbocycles. The van der Waals surface area contributed by atoms with Crippen molar-refractivity contribution in [1.82, 2.24) is 0 Å². The monoisotopic (exact) mass is 186 g/mol. The van der Waals surface area contributed by atoms with E-state index in [0.717, 1.165) is 6.29 Å². The first-order valence-corrected chi connectivity index (χ1v) is 5.49. The third-order valence-electron chi connectivity index (χ3n) is 2.92. The second-order valence-electron chi connectivity index (χ2n) is 4.73.